The molecule has 0 aliphatic rings. The second kappa shape index (κ2) is 9.58. The summed E-state index contributed by atoms with van der Waals surface area (Å²) in [5.41, 5.74) is 0.136. The van der Waals surface area contributed by atoms with Crippen molar-refractivity contribution in [2.75, 3.05) is 13.2 Å². The van der Waals surface area contributed by atoms with Gasteiger partial charge in [0.1, 0.15) is 5.75 Å². The summed E-state index contributed by atoms with van der Waals surface area (Å²) in [6.07, 6.45) is 4.79. The standard InChI is InChI=1S/C16H20O5/c1-2-15(17)21-12-6-4-3-5-11-20-14-9-7-13(8-10-14)16(18)19/h2,7-10H,1,3-6,11-12H2,(H,18,19)/p-1. The highest BCUT2D eigenvalue weighted by Gasteiger charge is 1.98. The van der Waals surface area contributed by atoms with Crippen molar-refractivity contribution in [2.24, 2.45) is 0 Å². The molecule has 1 aromatic carbocycles. The molecule has 5 heteroatoms. The summed E-state index contributed by atoms with van der Waals surface area (Å²) in [5.74, 6) is -0.947. The number of hydrogen-bond acceptors (Lipinski definition) is 5. The molecule has 0 unspecified atom stereocenters. The van der Waals surface area contributed by atoms with Crippen LogP contribution in [0.3, 0.4) is 0 Å². The van der Waals surface area contributed by atoms with Crippen molar-refractivity contribution in [1.82, 2.24) is 0 Å². The Bertz CT molecular complexity index is 464. The normalized spacial score (nSPS) is 9.90. The highest BCUT2D eigenvalue weighted by Crippen LogP contribution is 2.12. The number of carbonyl (C=O) groups is 2. The number of benzene rings is 1. The first-order valence-corrected chi connectivity index (χ1v) is 6.87. The predicted molar refractivity (Wildman–Crippen MR) is 75.9 cm³/mol. The van der Waals surface area contributed by atoms with Crippen LogP contribution in [-0.4, -0.2) is 25.2 Å². The van der Waals surface area contributed by atoms with E-state index in [9.17, 15) is 14.7 Å². The number of carboxylic acid groups (broad SMARTS) is 1. The fourth-order valence-corrected chi connectivity index (χ4v) is 1.67. The van der Waals surface area contributed by atoms with E-state index in [2.05, 4.69) is 6.58 Å². The van der Waals surface area contributed by atoms with E-state index in [0.717, 1.165) is 31.8 Å². The molecule has 5 nitrogen and oxygen atoms in total. The number of esters is 1. The van der Waals surface area contributed by atoms with Gasteiger partial charge in [0.15, 0.2) is 0 Å². The van der Waals surface area contributed by atoms with Crippen molar-refractivity contribution in [3.05, 3.63) is 42.5 Å². The maximum absolute atomic E-state index is 10.8. The average molecular weight is 291 g/mol. The van der Waals surface area contributed by atoms with Gasteiger partial charge >= 0.3 is 5.97 Å². The second-order valence-electron chi connectivity index (χ2n) is 4.45. The molecule has 0 amide bonds. The van der Waals surface area contributed by atoms with Crippen LogP contribution in [0.5, 0.6) is 5.75 Å². The first-order chi connectivity index (χ1) is 10.1. The Morgan fingerprint density at radius 1 is 1.05 bits per heavy atom. The predicted octanol–water partition coefficient (Wildman–Crippen LogP) is 1.72. The zero-order chi connectivity index (χ0) is 15.5. The third-order valence-electron chi connectivity index (χ3n) is 2.81. The fourth-order valence-electron chi connectivity index (χ4n) is 1.67. The molecule has 0 bridgehead atoms. The van der Waals surface area contributed by atoms with Crippen molar-refractivity contribution in [2.45, 2.75) is 25.7 Å². The van der Waals surface area contributed by atoms with Gasteiger partial charge in [-0.2, -0.15) is 0 Å². The third-order valence-corrected chi connectivity index (χ3v) is 2.81. The molecule has 0 atom stereocenters. The molecule has 0 aromatic heterocycles. The monoisotopic (exact) mass is 291 g/mol. The Kier molecular flexibility index (Phi) is 7.64. The van der Waals surface area contributed by atoms with Crippen molar-refractivity contribution in [3.63, 3.8) is 0 Å². The van der Waals surface area contributed by atoms with Crippen molar-refractivity contribution in [1.29, 1.82) is 0 Å². The quantitative estimate of drug-likeness (QED) is 0.373. The lowest BCUT2D eigenvalue weighted by atomic mass is 10.2. The van der Waals surface area contributed by atoms with Crippen molar-refractivity contribution < 1.29 is 24.2 Å². The molecule has 0 spiro atoms. The molecule has 0 heterocycles. The number of rotatable bonds is 10. The van der Waals surface area contributed by atoms with Gasteiger partial charge in [-0.3, -0.25) is 0 Å². The van der Waals surface area contributed by atoms with Gasteiger partial charge in [-0.05, 0) is 55.5 Å². The molecule has 0 aliphatic carbocycles. The third kappa shape index (κ3) is 7.15. The van der Waals surface area contributed by atoms with Crippen molar-refractivity contribution in [3.8, 4) is 5.75 Å². The van der Waals surface area contributed by atoms with Crippen LogP contribution in [-0.2, 0) is 9.53 Å². The number of hydrogen-bond donors (Lipinski definition) is 0. The molecular weight excluding hydrogens is 272 g/mol. The van der Waals surface area contributed by atoms with Crippen LogP contribution in [0.15, 0.2) is 36.9 Å². The fraction of sp³-hybridized carbons (Fsp3) is 0.375. The Morgan fingerprint density at radius 2 is 1.67 bits per heavy atom. The number of ether oxygens (including phenoxy) is 2. The van der Waals surface area contributed by atoms with Gasteiger partial charge in [-0.15, -0.1) is 0 Å². The van der Waals surface area contributed by atoms with Gasteiger partial charge in [0, 0.05) is 6.08 Å². The van der Waals surface area contributed by atoms with Crippen LogP contribution in [0, 0.1) is 0 Å². The summed E-state index contributed by atoms with van der Waals surface area (Å²) in [6, 6.07) is 6.14. The van der Waals surface area contributed by atoms with Crippen LogP contribution in [0.4, 0.5) is 0 Å². The molecule has 0 fully saturated rings. The van der Waals surface area contributed by atoms with E-state index >= 15 is 0 Å². The minimum Gasteiger partial charge on any atom is -0.545 e. The lowest BCUT2D eigenvalue weighted by Crippen LogP contribution is -2.21. The zero-order valence-corrected chi connectivity index (χ0v) is 11.9. The van der Waals surface area contributed by atoms with E-state index in [4.69, 9.17) is 9.47 Å². The van der Waals surface area contributed by atoms with Crippen LogP contribution >= 0.6 is 0 Å². The van der Waals surface area contributed by atoms with E-state index in [-0.39, 0.29) is 5.56 Å². The van der Waals surface area contributed by atoms with Gasteiger partial charge in [-0.1, -0.05) is 6.58 Å². The molecule has 21 heavy (non-hydrogen) atoms. The SMILES string of the molecule is C=CC(=O)OCCCCCCOc1ccc(C(=O)[O-])cc1. The largest absolute Gasteiger partial charge is 0.545 e. The molecule has 1 aromatic rings. The van der Waals surface area contributed by atoms with E-state index in [1.165, 1.54) is 12.1 Å². The zero-order valence-electron chi connectivity index (χ0n) is 11.9. The number of aromatic carboxylic acids is 1. The van der Waals surface area contributed by atoms with Gasteiger partial charge in [0.25, 0.3) is 0 Å². The molecule has 0 radical (unpaired) electrons. The molecule has 1 rings (SSSR count). The van der Waals surface area contributed by atoms with E-state index in [1.54, 1.807) is 12.1 Å². The van der Waals surface area contributed by atoms with Gasteiger partial charge in [-0.25, -0.2) is 4.79 Å². The Hall–Kier alpha value is -2.30. The maximum atomic E-state index is 10.8. The Balaban J connectivity index is 2.05. The Labute approximate surface area is 124 Å². The first kappa shape index (κ1) is 16.8. The highest BCUT2D eigenvalue weighted by atomic mass is 16.5. The van der Waals surface area contributed by atoms with Gasteiger partial charge in [0.2, 0.25) is 0 Å². The lowest BCUT2D eigenvalue weighted by Gasteiger charge is -2.07. The number of carbonyl (C=O) groups excluding carboxylic acids is 2. The summed E-state index contributed by atoms with van der Waals surface area (Å²) in [7, 11) is 0. The van der Waals surface area contributed by atoms with E-state index in [0.29, 0.717) is 19.0 Å². The summed E-state index contributed by atoms with van der Waals surface area (Å²) in [4.78, 5) is 21.3. The Morgan fingerprint density at radius 3 is 2.24 bits per heavy atom. The average Bonchev–Trinajstić information content (AvgIpc) is 2.50. The molecule has 0 saturated heterocycles. The minimum absolute atomic E-state index is 0.136. The maximum Gasteiger partial charge on any atom is 0.330 e. The highest BCUT2D eigenvalue weighted by molar-refractivity contribution is 5.85. The van der Waals surface area contributed by atoms with Crippen LogP contribution in [0.1, 0.15) is 36.0 Å². The topological polar surface area (TPSA) is 75.7 Å². The molecule has 0 saturated carbocycles. The van der Waals surface area contributed by atoms with Gasteiger partial charge < -0.3 is 19.4 Å². The molecule has 0 aliphatic heterocycles. The summed E-state index contributed by atoms with van der Waals surface area (Å²) in [6.45, 7) is 4.30. The smallest absolute Gasteiger partial charge is 0.330 e. The van der Waals surface area contributed by atoms with Crippen LogP contribution in [0.2, 0.25) is 0 Å². The van der Waals surface area contributed by atoms with E-state index in [1.807, 2.05) is 0 Å². The summed E-state index contributed by atoms with van der Waals surface area (Å²) in [5, 5.41) is 10.6. The van der Waals surface area contributed by atoms with E-state index < -0.39 is 11.9 Å². The summed E-state index contributed by atoms with van der Waals surface area (Å²) >= 11 is 0. The minimum atomic E-state index is -1.20. The lowest BCUT2D eigenvalue weighted by molar-refractivity contribution is -0.255. The van der Waals surface area contributed by atoms with Crippen LogP contribution < -0.4 is 9.84 Å². The van der Waals surface area contributed by atoms with Gasteiger partial charge in [0.05, 0.1) is 19.2 Å². The second-order valence-corrected chi connectivity index (χ2v) is 4.45. The number of unbranched alkanes of at least 4 members (excludes halogenated alkanes) is 3. The first-order valence-electron chi connectivity index (χ1n) is 6.87. The van der Waals surface area contributed by atoms with Crippen LogP contribution in [0.25, 0.3) is 0 Å². The summed E-state index contributed by atoms with van der Waals surface area (Å²) < 4.78 is 10.3. The van der Waals surface area contributed by atoms with Crippen molar-refractivity contribution >= 4 is 11.9 Å². The number of carboxylic acids is 1. The molecular formula is C16H19O5-. The molecule has 0 N–H and O–H groups in total. The molecule has 114 valence electrons.